The molecule has 0 aliphatic heterocycles. The Labute approximate surface area is 149 Å². The summed E-state index contributed by atoms with van der Waals surface area (Å²) in [5.41, 5.74) is 1.13. The Morgan fingerprint density at radius 3 is 2.57 bits per heavy atom. The first-order valence-electron chi connectivity index (χ1n) is 7.33. The van der Waals surface area contributed by atoms with Gasteiger partial charge in [-0.1, -0.05) is 6.07 Å². The molecule has 0 radical (unpaired) electrons. The molecule has 6 heteroatoms. The summed E-state index contributed by atoms with van der Waals surface area (Å²) in [6.45, 7) is 7.62. The molecule has 4 nitrogen and oxygen atoms in total. The van der Waals surface area contributed by atoms with Gasteiger partial charge in [-0.25, -0.2) is 4.79 Å². The molecule has 0 aliphatic carbocycles. The number of benzene rings is 1. The number of hydrogen-bond acceptors (Lipinski definition) is 4. The summed E-state index contributed by atoms with van der Waals surface area (Å²) in [5.74, 6) is 0. The van der Waals surface area contributed by atoms with Crippen LogP contribution in [0, 0.1) is 0 Å². The Morgan fingerprint density at radius 2 is 1.96 bits per heavy atom. The smallest absolute Gasteiger partial charge is 0.412 e. The van der Waals surface area contributed by atoms with E-state index in [1.165, 1.54) is 4.88 Å². The maximum atomic E-state index is 11.8. The molecule has 2 aromatic rings. The molecule has 1 aromatic heterocycles. The first kappa shape index (κ1) is 17.8. The fourth-order valence-corrected chi connectivity index (χ4v) is 3.44. The molecule has 2 N–H and O–H groups in total. The van der Waals surface area contributed by atoms with E-state index in [2.05, 4.69) is 44.9 Å². The van der Waals surface area contributed by atoms with Gasteiger partial charge in [0.2, 0.25) is 0 Å². The number of nitrogens with one attached hydrogen (secondary N) is 2. The lowest BCUT2D eigenvalue weighted by atomic mass is 10.2. The van der Waals surface area contributed by atoms with Gasteiger partial charge in [-0.2, -0.15) is 0 Å². The van der Waals surface area contributed by atoms with Gasteiger partial charge in [-0.15, -0.1) is 11.3 Å². The van der Waals surface area contributed by atoms with E-state index in [1.54, 1.807) is 11.3 Å². The largest absolute Gasteiger partial charge is 0.444 e. The number of thiophene rings is 1. The fourth-order valence-electron chi connectivity index (χ4n) is 1.98. The summed E-state index contributed by atoms with van der Waals surface area (Å²) < 4.78 is 6.35. The average Bonchev–Trinajstić information content (AvgIpc) is 2.83. The van der Waals surface area contributed by atoms with Crippen LogP contribution in [-0.2, 0) is 4.74 Å². The zero-order chi connectivity index (χ0) is 17.0. The van der Waals surface area contributed by atoms with Gasteiger partial charge in [0.25, 0.3) is 0 Å². The van der Waals surface area contributed by atoms with Crippen LogP contribution in [0.25, 0.3) is 0 Å². The highest BCUT2D eigenvalue weighted by Crippen LogP contribution is 2.28. The average molecular weight is 397 g/mol. The monoisotopic (exact) mass is 396 g/mol. The molecule has 0 fully saturated rings. The zero-order valence-corrected chi connectivity index (χ0v) is 16.0. The summed E-state index contributed by atoms with van der Waals surface area (Å²) in [6.07, 6.45) is -0.454. The number of carbonyl (C=O) groups is 1. The van der Waals surface area contributed by atoms with Gasteiger partial charge in [0.1, 0.15) is 5.60 Å². The molecular weight excluding hydrogens is 376 g/mol. The molecule has 0 bridgehead atoms. The topological polar surface area (TPSA) is 50.4 Å². The first-order valence-corrected chi connectivity index (χ1v) is 9.01. The Hall–Kier alpha value is -1.53. The van der Waals surface area contributed by atoms with Crippen LogP contribution < -0.4 is 10.6 Å². The molecule has 1 unspecified atom stereocenters. The number of anilines is 2. The van der Waals surface area contributed by atoms with E-state index in [1.807, 2.05) is 45.0 Å². The summed E-state index contributed by atoms with van der Waals surface area (Å²) in [5, 5.41) is 8.24. The minimum absolute atomic E-state index is 0.183. The molecule has 1 amide bonds. The van der Waals surface area contributed by atoms with Gasteiger partial charge in [-0.05, 0) is 67.9 Å². The Kier molecular flexibility index (Phi) is 5.70. The summed E-state index contributed by atoms with van der Waals surface area (Å²) >= 11 is 5.17. The number of ether oxygens (including phenoxy) is 1. The number of halogens is 1. The van der Waals surface area contributed by atoms with Gasteiger partial charge in [0, 0.05) is 26.1 Å². The highest BCUT2D eigenvalue weighted by molar-refractivity contribution is 9.10. The van der Waals surface area contributed by atoms with E-state index >= 15 is 0 Å². The van der Waals surface area contributed by atoms with Crippen molar-refractivity contribution in [3.8, 4) is 0 Å². The van der Waals surface area contributed by atoms with Gasteiger partial charge in [-0.3, -0.25) is 5.32 Å². The lowest BCUT2D eigenvalue weighted by Gasteiger charge is -2.20. The second-order valence-corrected chi connectivity index (χ2v) is 8.10. The molecule has 23 heavy (non-hydrogen) atoms. The van der Waals surface area contributed by atoms with E-state index in [4.69, 9.17) is 4.74 Å². The van der Waals surface area contributed by atoms with Crippen molar-refractivity contribution >= 4 is 44.7 Å². The number of amides is 1. The highest BCUT2D eigenvalue weighted by Gasteiger charge is 2.16. The minimum atomic E-state index is -0.513. The Balaban J connectivity index is 2.01. The first-order chi connectivity index (χ1) is 10.7. The maximum Gasteiger partial charge on any atom is 0.412 e. The molecule has 0 saturated carbocycles. The Morgan fingerprint density at radius 1 is 1.26 bits per heavy atom. The molecule has 124 valence electrons. The van der Waals surface area contributed by atoms with E-state index in [0.29, 0.717) is 5.69 Å². The molecular formula is C17H21BrN2O2S. The molecule has 0 spiro atoms. The van der Waals surface area contributed by atoms with E-state index < -0.39 is 11.7 Å². The summed E-state index contributed by atoms with van der Waals surface area (Å²) in [7, 11) is 0. The van der Waals surface area contributed by atoms with Gasteiger partial charge < -0.3 is 10.1 Å². The van der Waals surface area contributed by atoms with Crippen molar-refractivity contribution in [3.05, 3.63) is 45.1 Å². The van der Waals surface area contributed by atoms with Crippen molar-refractivity contribution in [2.45, 2.75) is 39.3 Å². The molecule has 1 aromatic carbocycles. The zero-order valence-electron chi connectivity index (χ0n) is 13.6. The van der Waals surface area contributed by atoms with E-state index in [0.717, 1.165) is 10.2 Å². The maximum absolute atomic E-state index is 11.8. The fraction of sp³-hybridized carbons (Fsp3) is 0.353. The predicted molar refractivity (Wildman–Crippen MR) is 100 cm³/mol. The van der Waals surface area contributed by atoms with Crippen molar-refractivity contribution < 1.29 is 9.53 Å². The van der Waals surface area contributed by atoms with Crippen molar-refractivity contribution in [3.63, 3.8) is 0 Å². The van der Waals surface area contributed by atoms with Crippen LogP contribution in [-0.4, -0.2) is 11.7 Å². The van der Waals surface area contributed by atoms with Crippen molar-refractivity contribution in [2.24, 2.45) is 0 Å². The number of rotatable bonds is 4. The van der Waals surface area contributed by atoms with Crippen molar-refractivity contribution in [1.29, 1.82) is 0 Å². The lowest BCUT2D eigenvalue weighted by molar-refractivity contribution is 0.0636. The van der Waals surface area contributed by atoms with Crippen LogP contribution in [0.2, 0.25) is 0 Å². The van der Waals surface area contributed by atoms with Crippen LogP contribution in [0.4, 0.5) is 16.2 Å². The third-order valence-corrected chi connectivity index (χ3v) is 4.78. The Bertz CT molecular complexity index is 679. The quantitative estimate of drug-likeness (QED) is 0.662. The van der Waals surface area contributed by atoms with Crippen LogP contribution in [0.3, 0.4) is 0 Å². The molecule has 0 saturated heterocycles. The van der Waals surface area contributed by atoms with Gasteiger partial charge in [0.05, 0.1) is 6.04 Å². The van der Waals surface area contributed by atoms with Gasteiger partial charge in [0.15, 0.2) is 0 Å². The second-order valence-electron chi connectivity index (χ2n) is 6.24. The van der Waals surface area contributed by atoms with Crippen molar-refractivity contribution in [1.82, 2.24) is 0 Å². The standard InChI is InChI=1S/C17H21BrN2O2S/c1-11(15-8-12(18)10-23-15)19-13-6-5-7-14(9-13)20-16(21)22-17(2,3)4/h5-11,19H,1-4H3,(H,20,21). The molecule has 0 aliphatic rings. The van der Waals surface area contributed by atoms with E-state index in [9.17, 15) is 4.79 Å². The number of carbonyl (C=O) groups excluding carboxylic acids is 1. The van der Waals surface area contributed by atoms with Crippen LogP contribution >= 0.6 is 27.3 Å². The third-order valence-electron chi connectivity index (χ3n) is 2.91. The van der Waals surface area contributed by atoms with Gasteiger partial charge >= 0.3 is 6.09 Å². The van der Waals surface area contributed by atoms with E-state index in [-0.39, 0.29) is 6.04 Å². The lowest BCUT2D eigenvalue weighted by Crippen LogP contribution is -2.27. The SMILES string of the molecule is CC(Nc1cccc(NC(=O)OC(C)(C)C)c1)c1cc(Br)cs1. The second kappa shape index (κ2) is 7.36. The summed E-state index contributed by atoms with van der Waals surface area (Å²) in [4.78, 5) is 13.1. The van der Waals surface area contributed by atoms with Crippen LogP contribution in [0.15, 0.2) is 40.2 Å². The third kappa shape index (κ3) is 5.88. The predicted octanol–water partition coefficient (Wildman–Crippen LogP) is 6.03. The van der Waals surface area contributed by atoms with Crippen LogP contribution in [0.5, 0.6) is 0 Å². The molecule has 2 rings (SSSR count). The molecule has 1 atom stereocenters. The normalized spacial score (nSPS) is 12.6. The van der Waals surface area contributed by atoms with Crippen LogP contribution in [0.1, 0.15) is 38.6 Å². The summed E-state index contributed by atoms with van der Waals surface area (Å²) in [6, 6.07) is 9.88. The minimum Gasteiger partial charge on any atom is -0.444 e. The highest BCUT2D eigenvalue weighted by atomic mass is 79.9. The number of hydrogen-bond donors (Lipinski definition) is 2. The molecule has 1 heterocycles. The van der Waals surface area contributed by atoms with Crippen molar-refractivity contribution in [2.75, 3.05) is 10.6 Å².